The zero-order valence-electron chi connectivity index (χ0n) is 43.3. The molecule has 0 aliphatic rings. The van der Waals surface area contributed by atoms with Crippen LogP contribution in [0.25, 0.3) is 0 Å². The van der Waals surface area contributed by atoms with Gasteiger partial charge in [-0.1, -0.05) is 258 Å². The second-order valence-corrected chi connectivity index (χ2v) is 21.8. The second-order valence-electron chi connectivity index (χ2n) is 20.3. The van der Waals surface area contributed by atoms with Gasteiger partial charge in [-0.3, -0.25) is 18.6 Å². The van der Waals surface area contributed by atoms with Crippen LogP contribution in [0.15, 0.2) is 0 Å². The largest absolute Gasteiger partial charge is 0.472 e. The Balaban J connectivity index is 4.14. The summed E-state index contributed by atoms with van der Waals surface area (Å²) in [5.41, 5.74) is 0. The first-order chi connectivity index (χ1) is 31.0. The zero-order chi connectivity index (χ0) is 47.1. The maximum Gasteiger partial charge on any atom is 0.472 e. The average Bonchev–Trinajstić information content (AvgIpc) is 3.25. The number of unbranched alkanes of at least 4 members (excludes halogenated alkanes) is 38. The number of nitrogens with zero attached hydrogens (tertiary/aromatic N) is 1. The number of hydrogen-bond acceptors (Lipinski definition) is 7. The highest BCUT2D eigenvalue weighted by molar-refractivity contribution is 7.47. The molecule has 0 rings (SSSR count). The molecule has 0 amide bonds. The highest BCUT2D eigenvalue weighted by Crippen LogP contribution is 2.43. The van der Waals surface area contributed by atoms with E-state index in [4.69, 9.17) is 18.5 Å². The minimum Gasteiger partial charge on any atom is -0.462 e. The van der Waals surface area contributed by atoms with Gasteiger partial charge in [0, 0.05) is 12.8 Å². The van der Waals surface area contributed by atoms with Crippen LogP contribution in [-0.2, 0) is 32.7 Å². The first-order valence-corrected chi connectivity index (χ1v) is 29.3. The molecular formula is C54H109NO8P+. The standard InChI is InChI=1S/C54H108NO8P/c1-6-8-10-12-14-16-18-20-22-24-26-27-29-30-32-34-36-38-40-42-44-46-53(56)60-50-52(51-62-64(58,59)61-49-48-55(3,4)5)63-54(57)47-45-43-41-39-37-35-33-31-28-25-23-21-19-17-15-13-11-9-7-2/h52H,6-51H2,1-5H3/p+1/t52-/m1/s1. The van der Waals surface area contributed by atoms with E-state index in [0.717, 1.165) is 38.5 Å². The number of rotatable bonds is 52. The van der Waals surface area contributed by atoms with Gasteiger partial charge in [0.15, 0.2) is 6.10 Å². The Morgan fingerprint density at radius 1 is 0.422 bits per heavy atom. The highest BCUT2D eigenvalue weighted by atomic mass is 31.2. The average molecular weight is 931 g/mol. The lowest BCUT2D eigenvalue weighted by Crippen LogP contribution is -2.37. The van der Waals surface area contributed by atoms with Crippen molar-refractivity contribution in [2.75, 3.05) is 47.5 Å². The number of carbonyl (C=O) groups excluding carboxylic acids is 2. The predicted molar refractivity (Wildman–Crippen MR) is 271 cm³/mol. The summed E-state index contributed by atoms with van der Waals surface area (Å²) in [5, 5.41) is 0. The maximum absolute atomic E-state index is 12.8. The summed E-state index contributed by atoms with van der Waals surface area (Å²) >= 11 is 0. The van der Waals surface area contributed by atoms with Gasteiger partial charge in [-0.25, -0.2) is 4.57 Å². The van der Waals surface area contributed by atoms with Gasteiger partial charge in [0.05, 0.1) is 27.7 Å². The van der Waals surface area contributed by atoms with Crippen molar-refractivity contribution in [1.29, 1.82) is 0 Å². The third-order valence-corrected chi connectivity index (χ3v) is 13.6. The third kappa shape index (κ3) is 50.4. The summed E-state index contributed by atoms with van der Waals surface area (Å²) in [6.07, 6.45) is 51.6. The lowest BCUT2D eigenvalue weighted by atomic mass is 10.0. The molecule has 0 aromatic heterocycles. The Morgan fingerprint density at radius 2 is 0.703 bits per heavy atom. The molecule has 0 heterocycles. The zero-order valence-corrected chi connectivity index (χ0v) is 44.2. The van der Waals surface area contributed by atoms with Crippen LogP contribution < -0.4 is 0 Å². The van der Waals surface area contributed by atoms with Crippen molar-refractivity contribution in [3.8, 4) is 0 Å². The molecule has 2 atom stereocenters. The molecule has 0 spiro atoms. The molecule has 64 heavy (non-hydrogen) atoms. The van der Waals surface area contributed by atoms with E-state index < -0.39 is 26.5 Å². The van der Waals surface area contributed by atoms with Gasteiger partial charge in [0.1, 0.15) is 19.8 Å². The molecule has 382 valence electrons. The van der Waals surface area contributed by atoms with Crippen molar-refractivity contribution in [3.63, 3.8) is 0 Å². The highest BCUT2D eigenvalue weighted by Gasteiger charge is 2.27. The summed E-state index contributed by atoms with van der Waals surface area (Å²) in [7, 11) is 1.50. The monoisotopic (exact) mass is 931 g/mol. The number of phosphoric ester groups is 1. The molecule has 0 aromatic carbocycles. The van der Waals surface area contributed by atoms with Crippen molar-refractivity contribution in [1.82, 2.24) is 0 Å². The molecule has 0 saturated carbocycles. The number of hydrogen-bond donors (Lipinski definition) is 1. The minimum absolute atomic E-state index is 0.0373. The summed E-state index contributed by atoms with van der Waals surface area (Å²) < 4.78 is 34.5. The first-order valence-electron chi connectivity index (χ1n) is 27.8. The molecule has 0 aliphatic heterocycles. The number of carbonyl (C=O) groups is 2. The number of quaternary nitrogens is 1. The molecule has 0 fully saturated rings. The van der Waals surface area contributed by atoms with Crippen LogP contribution in [0.5, 0.6) is 0 Å². The topological polar surface area (TPSA) is 108 Å². The summed E-state index contributed by atoms with van der Waals surface area (Å²) in [5.74, 6) is -0.774. The van der Waals surface area contributed by atoms with Crippen LogP contribution in [0, 0.1) is 0 Å². The van der Waals surface area contributed by atoms with Crippen molar-refractivity contribution in [2.24, 2.45) is 0 Å². The van der Waals surface area contributed by atoms with Crippen molar-refractivity contribution in [2.45, 2.75) is 290 Å². The Hall–Kier alpha value is -0.990. The van der Waals surface area contributed by atoms with E-state index in [1.54, 1.807) is 0 Å². The van der Waals surface area contributed by atoms with Crippen LogP contribution >= 0.6 is 7.82 Å². The second kappa shape index (κ2) is 47.1. The molecule has 0 radical (unpaired) electrons. The molecule has 0 aromatic rings. The quantitative estimate of drug-likeness (QED) is 0.0278. The van der Waals surface area contributed by atoms with Crippen LogP contribution in [0.1, 0.15) is 284 Å². The fourth-order valence-electron chi connectivity index (χ4n) is 8.31. The van der Waals surface area contributed by atoms with E-state index in [0.29, 0.717) is 17.4 Å². The van der Waals surface area contributed by atoms with Crippen molar-refractivity contribution < 1.29 is 42.1 Å². The molecule has 1 unspecified atom stereocenters. The molecule has 9 nitrogen and oxygen atoms in total. The van der Waals surface area contributed by atoms with Gasteiger partial charge in [0.25, 0.3) is 0 Å². The Morgan fingerprint density at radius 3 is 1.00 bits per heavy atom. The normalized spacial score (nSPS) is 13.3. The van der Waals surface area contributed by atoms with Crippen molar-refractivity contribution >= 4 is 19.8 Å². The van der Waals surface area contributed by atoms with Gasteiger partial charge < -0.3 is 18.9 Å². The Labute approximate surface area is 397 Å². The first kappa shape index (κ1) is 63.0. The van der Waals surface area contributed by atoms with E-state index in [2.05, 4.69) is 13.8 Å². The molecule has 1 N–H and O–H groups in total. The number of esters is 2. The molecule has 0 saturated heterocycles. The lowest BCUT2D eigenvalue weighted by molar-refractivity contribution is -0.870. The van der Waals surface area contributed by atoms with Gasteiger partial charge >= 0.3 is 19.8 Å². The number of phosphoric acid groups is 1. The molecule has 0 bridgehead atoms. The predicted octanol–water partition coefficient (Wildman–Crippen LogP) is 16.7. The summed E-state index contributed by atoms with van der Waals surface area (Å²) in [6, 6.07) is 0. The van der Waals surface area contributed by atoms with Gasteiger partial charge in [-0.2, -0.15) is 0 Å². The van der Waals surface area contributed by atoms with E-state index in [1.807, 2.05) is 21.1 Å². The fraction of sp³-hybridized carbons (Fsp3) is 0.963. The minimum atomic E-state index is -4.37. The number of likely N-dealkylation sites (N-methyl/N-ethyl adjacent to an activating group) is 1. The van der Waals surface area contributed by atoms with Crippen LogP contribution in [0.2, 0.25) is 0 Å². The van der Waals surface area contributed by atoms with Crippen molar-refractivity contribution in [3.05, 3.63) is 0 Å². The van der Waals surface area contributed by atoms with E-state index in [1.165, 1.54) is 218 Å². The van der Waals surface area contributed by atoms with Gasteiger partial charge in [0.2, 0.25) is 0 Å². The maximum atomic E-state index is 12.8. The lowest BCUT2D eigenvalue weighted by Gasteiger charge is -2.24. The SMILES string of the molecule is CCCCCCCCCCCCCCCCCCCCCCCC(=O)OC[C@H](COP(=O)(O)OCC[N+](C)(C)C)OC(=O)CCCCCCCCCCCCCCCCCCCCC. The smallest absolute Gasteiger partial charge is 0.462 e. The Bertz CT molecular complexity index is 1050. The molecular weight excluding hydrogens is 822 g/mol. The van der Waals surface area contributed by atoms with E-state index in [9.17, 15) is 19.0 Å². The Kier molecular flexibility index (Phi) is 46.4. The fourth-order valence-corrected chi connectivity index (χ4v) is 9.05. The van der Waals surface area contributed by atoms with Crippen LogP contribution in [-0.4, -0.2) is 74.9 Å². The van der Waals surface area contributed by atoms with E-state index in [-0.39, 0.29) is 25.6 Å². The van der Waals surface area contributed by atoms with Crippen LogP contribution in [0.4, 0.5) is 0 Å². The third-order valence-electron chi connectivity index (χ3n) is 12.6. The number of ether oxygens (including phenoxy) is 2. The molecule has 0 aliphatic carbocycles. The molecule has 10 heteroatoms. The van der Waals surface area contributed by atoms with E-state index >= 15 is 0 Å². The summed E-state index contributed by atoms with van der Waals surface area (Å²) in [6.45, 7) is 4.50. The van der Waals surface area contributed by atoms with Crippen LogP contribution in [0.3, 0.4) is 0 Å². The van der Waals surface area contributed by atoms with Gasteiger partial charge in [-0.05, 0) is 12.8 Å². The van der Waals surface area contributed by atoms with Gasteiger partial charge in [-0.15, -0.1) is 0 Å². The summed E-state index contributed by atoms with van der Waals surface area (Å²) in [4.78, 5) is 35.6.